The third-order valence-electron chi connectivity index (χ3n) is 3.62. The molecule has 0 saturated carbocycles. The van der Waals surface area contributed by atoms with Crippen LogP contribution in [0.15, 0.2) is 42.5 Å². The average molecular weight is 403 g/mol. The lowest BCUT2D eigenvalue weighted by atomic mass is 10.1. The Bertz CT molecular complexity index is 884. The maximum Gasteiger partial charge on any atom is 0.248 e. The summed E-state index contributed by atoms with van der Waals surface area (Å²) in [6.45, 7) is 1.59. The van der Waals surface area contributed by atoms with Crippen molar-refractivity contribution in [3.05, 3.63) is 59.1 Å². The minimum absolute atomic E-state index is 0.0810. The lowest BCUT2D eigenvalue weighted by molar-refractivity contribution is -0.117. The number of anilines is 2. The number of amides is 1. The Morgan fingerprint density at radius 3 is 2.15 bits per heavy atom. The summed E-state index contributed by atoms with van der Waals surface area (Å²) in [5.74, 6) is -2.76. The number of hydrogen-bond acceptors (Lipinski definition) is 3. The van der Waals surface area contributed by atoms with Crippen molar-refractivity contribution in [1.29, 1.82) is 0 Å². The minimum Gasteiger partial charge on any atom is -0.319 e. The molecule has 0 spiro atoms. The minimum atomic E-state index is -3.86. The van der Waals surface area contributed by atoms with Crippen LogP contribution in [0.1, 0.15) is 13.3 Å². The van der Waals surface area contributed by atoms with Crippen LogP contribution in [-0.2, 0) is 14.8 Å². The number of nitrogens with zero attached hydrogens (tertiary/aromatic N) is 1. The van der Waals surface area contributed by atoms with Gasteiger partial charge < -0.3 is 5.32 Å². The zero-order chi connectivity index (χ0) is 19.5. The van der Waals surface area contributed by atoms with Gasteiger partial charge in [-0.3, -0.25) is 9.10 Å². The Hall–Kier alpha value is -2.19. The molecule has 0 saturated heterocycles. The van der Waals surface area contributed by atoms with Crippen molar-refractivity contribution >= 4 is 38.9 Å². The van der Waals surface area contributed by atoms with E-state index in [9.17, 15) is 22.0 Å². The first-order chi connectivity index (χ1) is 12.1. The summed E-state index contributed by atoms with van der Waals surface area (Å²) < 4.78 is 53.0. The van der Waals surface area contributed by atoms with Crippen molar-refractivity contribution in [1.82, 2.24) is 0 Å². The van der Waals surface area contributed by atoms with Crippen LogP contribution >= 0.6 is 11.6 Å². The van der Waals surface area contributed by atoms with Crippen molar-refractivity contribution < 1.29 is 22.0 Å². The van der Waals surface area contributed by atoms with Crippen LogP contribution in [0.5, 0.6) is 0 Å². The van der Waals surface area contributed by atoms with Crippen molar-refractivity contribution in [3.8, 4) is 0 Å². The van der Waals surface area contributed by atoms with Gasteiger partial charge in [0.05, 0.1) is 11.9 Å². The molecule has 1 amide bonds. The summed E-state index contributed by atoms with van der Waals surface area (Å²) in [5.41, 5.74) is -0.409. The maximum atomic E-state index is 13.8. The summed E-state index contributed by atoms with van der Waals surface area (Å²) in [6, 6.07) is 7.80. The fraction of sp³-hybridized carbons (Fsp3) is 0.235. The molecule has 2 aromatic carbocycles. The van der Waals surface area contributed by atoms with E-state index in [2.05, 4.69) is 5.32 Å². The van der Waals surface area contributed by atoms with E-state index in [0.717, 1.165) is 28.8 Å². The molecule has 0 aliphatic rings. The van der Waals surface area contributed by atoms with Crippen molar-refractivity contribution in [2.24, 2.45) is 0 Å². The SMILES string of the molecule is CC[C@@H](C(=O)Nc1c(F)cccc1F)N(c1ccc(Cl)cc1)S(C)(=O)=O. The van der Waals surface area contributed by atoms with Crippen LogP contribution in [0.3, 0.4) is 0 Å². The van der Waals surface area contributed by atoms with Gasteiger partial charge in [-0.15, -0.1) is 0 Å². The van der Waals surface area contributed by atoms with E-state index in [4.69, 9.17) is 11.6 Å². The van der Waals surface area contributed by atoms with Crippen LogP contribution < -0.4 is 9.62 Å². The van der Waals surface area contributed by atoms with E-state index in [1.807, 2.05) is 0 Å². The van der Waals surface area contributed by atoms with Gasteiger partial charge in [0.1, 0.15) is 23.4 Å². The summed E-state index contributed by atoms with van der Waals surface area (Å²) in [6.07, 6.45) is 1.03. The lowest BCUT2D eigenvalue weighted by Crippen LogP contribution is -2.47. The van der Waals surface area contributed by atoms with E-state index in [0.29, 0.717) is 5.02 Å². The second-order valence-electron chi connectivity index (χ2n) is 5.55. The molecular weight excluding hydrogens is 386 g/mol. The van der Waals surface area contributed by atoms with Gasteiger partial charge in [0, 0.05) is 5.02 Å². The molecule has 0 radical (unpaired) electrons. The average Bonchev–Trinajstić information content (AvgIpc) is 2.56. The van der Waals surface area contributed by atoms with Crippen molar-refractivity contribution in [3.63, 3.8) is 0 Å². The molecule has 0 fully saturated rings. The highest BCUT2D eigenvalue weighted by Crippen LogP contribution is 2.26. The third kappa shape index (κ3) is 4.50. The third-order valence-corrected chi connectivity index (χ3v) is 5.05. The summed E-state index contributed by atoms with van der Waals surface area (Å²) in [7, 11) is -3.86. The fourth-order valence-electron chi connectivity index (χ4n) is 2.47. The number of carbonyl (C=O) groups is 1. The Labute approximate surface area is 155 Å². The number of hydrogen-bond donors (Lipinski definition) is 1. The van der Waals surface area contributed by atoms with Gasteiger partial charge in [-0.25, -0.2) is 17.2 Å². The van der Waals surface area contributed by atoms with E-state index in [1.54, 1.807) is 6.92 Å². The van der Waals surface area contributed by atoms with Crippen LogP contribution in [0.25, 0.3) is 0 Å². The molecule has 5 nitrogen and oxygen atoms in total. The second-order valence-corrected chi connectivity index (χ2v) is 7.84. The summed E-state index contributed by atoms with van der Waals surface area (Å²) in [4.78, 5) is 12.6. The smallest absolute Gasteiger partial charge is 0.248 e. The molecule has 2 rings (SSSR count). The predicted octanol–water partition coefficient (Wildman–Crippen LogP) is 3.80. The molecule has 9 heteroatoms. The molecule has 0 unspecified atom stereocenters. The first kappa shape index (κ1) is 20.1. The first-order valence-electron chi connectivity index (χ1n) is 7.65. The molecular formula is C17H17ClF2N2O3S. The Morgan fingerprint density at radius 2 is 1.69 bits per heavy atom. The highest BCUT2D eigenvalue weighted by molar-refractivity contribution is 7.92. The van der Waals surface area contributed by atoms with Crippen molar-refractivity contribution in [2.45, 2.75) is 19.4 Å². The molecule has 0 aliphatic heterocycles. The van der Waals surface area contributed by atoms with Gasteiger partial charge in [0.2, 0.25) is 15.9 Å². The zero-order valence-corrected chi connectivity index (χ0v) is 15.6. The Balaban J connectivity index is 2.41. The van der Waals surface area contributed by atoms with E-state index in [-0.39, 0.29) is 12.1 Å². The van der Waals surface area contributed by atoms with E-state index >= 15 is 0 Å². The number of carbonyl (C=O) groups excluding carboxylic acids is 1. The molecule has 0 heterocycles. The molecule has 1 atom stereocenters. The van der Waals surface area contributed by atoms with Gasteiger partial charge in [-0.05, 0) is 42.8 Å². The number of nitrogens with one attached hydrogen (secondary N) is 1. The van der Waals surface area contributed by atoms with E-state index in [1.165, 1.54) is 24.3 Å². The number of halogens is 3. The number of benzene rings is 2. The van der Waals surface area contributed by atoms with Gasteiger partial charge >= 0.3 is 0 Å². The van der Waals surface area contributed by atoms with Gasteiger partial charge in [-0.2, -0.15) is 0 Å². The molecule has 2 aromatic rings. The lowest BCUT2D eigenvalue weighted by Gasteiger charge is -2.30. The molecule has 1 N–H and O–H groups in total. The molecule has 140 valence electrons. The van der Waals surface area contributed by atoms with Crippen molar-refractivity contribution in [2.75, 3.05) is 15.9 Å². The molecule has 26 heavy (non-hydrogen) atoms. The predicted molar refractivity (Wildman–Crippen MR) is 97.8 cm³/mol. The van der Waals surface area contributed by atoms with Crippen LogP contribution in [0.2, 0.25) is 5.02 Å². The highest BCUT2D eigenvalue weighted by Gasteiger charge is 2.32. The molecule has 0 aromatic heterocycles. The van der Waals surface area contributed by atoms with Gasteiger partial charge in [0.15, 0.2) is 0 Å². The monoisotopic (exact) mass is 402 g/mol. The van der Waals surface area contributed by atoms with Gasteiger partial charge in [0.25, 0.3) is 0 Å². The fourth-order valence-corrected chi connectivity index (χ4v) is 3.81. The van der Waals surface area contributed by atoms with Gasteiger partial charge in [-0.1, -0.05) is 24.6 Å². The Kier molecular flexibility index (Phi) is 6.20. The normalized spacial score (nSPS) is 12.5. The molecule has 0 bridgehead atoms. The number of rotatable bonds is 6. The highest BCUT2D eigenvalue weighted by atomic mass is 35.5. The molecule has 0 aliphatic carbocycles. The first-order valence-corrected chi connectivity index (χ1v) is 9.87. The topological polar surface area (TPSA) is 66.5 Å². The number of sulfonamides is 1. The van der Waals surface area contributed by atoms with E-state index < -0.39 is 39.3 Å². The second kappa shape index (κ2) is 8.01. The van der Waals surface area contributed by atoms with Crippen LogP contribution in [0.4, 0.5) is 20.2 Å². The zero-order valence-electron chi connectivity index (χ0n) is 14.0. The summed E-state index contributed by atoms with van der Waals surface area (Å²) in [5, 5.41) is 2.54. The van der Waals surface area contributed by atoms with Crippen LogP contribution in [-0.4, -0.2) is 26.6 Å². The number of para-hydroxylation sites is 1. The maximum absolute atomic E-state index is 13.8. The van der Waals surface area contributed by atoms with Crippen LogP contribution in [0, 0.1) is 11.6 Å². The summed E-state index contributed by atoms with van der Waals surface area (Å²) >= 11 is 5.82. The quantitative estimate of drug-likeness (QED) is 0.799. The largest absolute Gasteiger partial charge is 0.319 e. The standard InChI is InChI=1S/C17H17ClF2N2O3S/c1-3-15(17(23)21-16-13(19)5-4-6-14(16)20)22(26(2,24)25)12-9-7-11(18)8-10-12/h4-10,15H,3H2,1-2H3,(H,21,23)/t15-/m0/s1. The Morgan fingerprint density at radius 1 is 1.15 bits per heavy atom.